The number of ether oxygens (including phenoxy) is 1. The van der Waals surface area contributed by atoms with E-state index in [2.05, 4.69) is 5.32 Å². The van der Waals surface area contributed by atoms with Crippen LogP contribution in [0.25, 0.3) is 0 Å². The molecule has 0 radical (unpaired) electrons. The Labute approximate surface area is 119 Å². The average molecular weight is 284 g/mol. The highest BCUT2D eigenvalue weighted by Gasteiger charge is 2.43. The molecule has 20 heavy (non-hydrogen) atoms. The minimum Gasteiger partial charge on any atom is -0.465 e. The Balaban J connectivity index is 1.83. The summed E-state index contributed by atoms with van der Waals surface area (Å²) in [6, 6.07) is 0. The van der Waals surface area contributed by atoms with Crippen LogP contribution in [0.15, 0.2) is 0 Å². The summed E-state index contributed by atoms with van der Waals surface area (Å²) in [5.41, 5.74) is -0.490. The van der Waals surface area contributed by atoms with Crippen molar-refractivity contribution in [1.29, 1.82) is 0 Å². The number of carbonyl (C=O) groups excluding carboxylic acids is 1. The number of amides is 2. The molecule has 2 unspecified atom stereocenters. The summed E-state index contributed by atoms with van der Waals surface area (Å²) in [6.07, 6.45) is 0.877. The van der Waals surface area contributed by atoms with Crippen LogP contribution in [0.3, 0.4) is 0 Å². The van der Waals surface area contributed by atoms with Crippen LogP contribution in [0.5, 0.6) is 0 Å². The highest BCUT2D eigenvalue weighted by atomic mass is 16.6. The Hall–Kier alpha value is -1.46. The zero-order valence-corrected chi connectivity index (χ0v) is 12.4. The molecule has 1 heterocycles. The number of alkyl carbamates (subject to hydrolysis) is 1. The molecule has 0 aromatic carbocycles. The second kappa shape index (κ2) is 5.50. The smallest absolute Gasteiger partial charge is 0.407 e. The molecule has 1 aliphatic carbocycles. The number of piperidine rings is 1. The van der Waals surface area contributed by atoms with Crippen LogP contribution in [-0.2, 0) is 4.74 Å². The van der Waals surface area contributed by atoms with Crippen molar-refractivity contribution in [2.75, 3.05) is 19.6 Å². The van der Waals surface area contributed by atoms with Crippen molar-refractivity contribution >= 4 is 12.2 Å². The number of nitrogens with one attached hydrogen (secondary N) is 1. The molecule has 114 valence electrons. The number of hydrogen-bond donors (Lipinski definition) is 2. The van der Waals surface area contributed by atoms with Crippen molar-refractivity contribution < 1.29 is 19.4 Å². The van der Waals surface area contributed by atoms with Gasteiger partial charge in [0.05, 0.1) is 0 Å². The monoisotopic (exact) mass is 284 g/mol. The highest BCUT2D eigenvalue weighted by Crippen LogP contribution is 2.41. The highest BCUT2D eigenvalue weighted by molar-refractivity contribution is 5.67. The van der Waals surface area contributed by atoms with Crippen molar-refractivity contribution in [2.45, 2.75) is 39.2 Å². The Morgan fingerprint density at radius 2 is 1.80 bits per heavy atom. The largest absolute Gasteiger partial charge is 0.465 e. The van der Waals surface area contributed by atoms with Crippen LogP contribution in [0.4, 0.5) is 9.59 Å². The van der Waals surface area contributed by atoms with Crippen molar-refractivity contribution in [3.05, 3.63) is 0 Å². The van der Waals surface area contributed by atoms with Crippen LogP contribution in [-0.4, -0.2) is 47.4 Å². The van der Waals surface area contributed by atoms with Gasteiger partial charge < -0.3 is 20.1 Å². The van der Waals surface area contributed by atoms with E-state index in [1.54, 1.807) is 0 Å². The quantitative estimate of drug-likeness (QED) is 0.814. The van der Waals surface area contributed by atoms with Gasteiger partial charge in [0.15, 0.2) is 0 Å². The maximum absolute atomic E-state index is 11.7. The molecule has 6 heteroatoms. The minimum absolute atomic E-state index is 0.361. The number of nitrogens with zero attached hydrogens (tertiary/aromatic N) is 1. The molecule has 2 aliphatic rings. The summed E-state index contributed by atoms with van der Waals surface area (Å²) >= 11 is 0. The lowest BCUT2D eigenvalue weighted by molar-refractivity contribution is 0.0477. The van der Waals surface area contributed by atoms with E-state index < -0.39 is 17.8 Å². The molecule has 2 atom stereocenters. The van der Waals surface area contributed by atoms with Gasteiger partial charge in [-0.05, 0) is 51.4 Å². The van der Waals surface area contributed by atoms with Gasteiger partial charge in [0.1, 0.15) is 5.60 Å². The normalized spacial score (nSPS) is 29.1. The third-order valence-electron chi connectivity index (χ3n) is 4.18. The van der Waals surface area contributed by atoms with Gasteiger partial charge in [-0.2, -0.15) is 0 Å². The molecular formula is C14H24N2O4. The molecule has 2 fully saturated rings. The van der Waals surface area contributed by atoms with E-state index in [-0.39, 0.29) is 0 Å². The van der Waals surface area contributed by atoms with Crippen molar-refractivity contribution in [2.24, 2.45) is 17.8 Å². The van der Waals surface area contributed by atoms with Gasteiger partial charge in [-0.3, -0.25) is 0 Å². The third-order valence-corrected chi connectivity index (χ3v) is 4.18. The lowest BCUT2D eigenvalue weighted by Crippen LogP contribution is -2.48. The van der Waals surface area contributed by atoms with E-state index in [1.807, 2.05) is 20.8 Å². The molecule has 0 spiro atoms. The molecule has 2 bridgehead atoms. The van der Waals surface area contributed by atoms with Crippen LogP contribution < -0.4 is 5.32 Å². The zero-order chi connectivity index (χ0) is 14.9. The van der Waals surface area contributed by atoms with Crippen molar-refractivity contribution in [3.8, 4) is 0 Å². The van der Waals surface area contributed by atoms with Gasteiger partial charge in [-0.1, -0.05) is 0 Å². The molecule has 6 nitrogen and oxygen atoms in total. The predicted octanol–water partition coefficient (Wildman–Crippen LogP) is 2.15. The van der Waals surface area contributed by atoms with Gasteiger partial charge in [-0.25, -0.2) is 9.59 Å². The second-order valence-corrected chi connectivity index (χ2v) is 6.83. The number of carboxylic acid groups (broad SMARTS) is 1. The van der Waals surface area contributed by atoms with Crippen LogP contribution in [0.2, 0.25) is 0 Å². The fraction of sp³-hybridized carbons (Fsp3) is 0.857. The van der Waals surface area contributed by atoms with Gasteiger partial charge in [-0.15, -0.1) is 0 Å². The minimum atomic E-state index is -0.833. The van der Waals surface area contributed by atoms with Crippen LogP contribution >= 0.6 is 0 Å². The summed E-state index contributed by atoms with van der Waals surface area (Å²) in [6.45, 7) is 7.27. The Morgan fingerprint density at radius 3 is 2.25 bits per heavy atom. The third kappa shape index (κ3) is 3.55. The molecule has 1 saturated carbocycles. The number of fused-ring (bicyclic) bond motifs is 2. The van der Waals surface area contributed by atoms with Crippen LogP contribution in [0.1, 0.15) is 33.6 Å². The topological polar surface area (TPSA) is 78.9 Å². The van der Waals surface area contributed by atoms with E-state index in [9.17, 15) is 9.59 Å². The Bertz CT molecular complexity index is 377. The molecule has 1 aliphatic heterocycles. The van der Waals surface area contributed by atoms with Gasteiger partial charge in [0.2, 0.25) is 0 Å². The van der Waals surface area contributed by atoms with Crippen molar-refractivity contribution in [1.82, 2.24) is 10.2 Å². The van der Waals surface area contributed by atoms with Crippen LogP contribution in [0, 0.1) is 17.8 Å². The first-order valence-electron chi connectivity index (χ1n) is 7.21. The Morgan fingerprint density at radius 1 is 1.25 bits per heavy atom. The predicted molar refractivity (Wildman–Crippen MR) is 73.5 cm³/mol. The van der Waals surface area contributed by atoms with Crippen molar-refractivity contribution in [3.63, 3.8) is 0 Å². The second-order valence-electron chi connectivity index (χ2n) is 6.83. The SMILES string of the molecule is CC(C)(C)OC(=O)NCC1C2CCC1CN(C(=O)O)C2. The fourth-order valence-electron chi connectivity index (χ4n) is 3.34. The number of likely N-dealkylation sites (tertiary alicyclic amines) is 1. The molecule has 1 saturated heterocycles. The summed E-state index contributed by atoms with van der Waals surface area (Å²) in [5.74, 6) is 1.10. The number of rotatable bonds is 2. The van der Waals surface area contributed by atoms with E-state index in [0.717, 1.165) is 12.8 Å². The molecule has 2 rings (SSSR count). The summed E-state index contributed by atoms with van der Waals surface area (Å²) in [4.78, 5) is 24.2. The van der Waals surface area contributed by atoms with Gasteiger partial charge in [0.25, 0.3) is 0 Å². The summed E-state index contributed by atoms with van der Waals surface area (Å²) in [7, 11) is 0. The van der Waals surface area contributed by atoms with Gasteiger partial charge >= 0.3 is 12.2 Å². The molecule has 2 amide bonds. The first kappa shape index (κ1) is 14.9. The van der Waals surface area contributed by atoms with E-state index in [0.29, 0.717) is 37.4 Å². The first-order chi connectivity index (χ1) is 9.26. The average Bonchev–Trinajstić information content (AvgIpc) is 2.54. The first-order valence-corrected chi connectivity index (χ1v) is 7.21. The Kier molecular flexibility index (Phi) is 4.11. The number of hydrogen-bond acceptors (Lipinski definition) is 3. The van der Waals surface area contributed by atoms with E-state index >= 15 is 0 Å². The summed E-state index contributed by atoms with van der Waals surface area (Å²) < 4.78 is 5.22. The number of carbonyl (C=O) groups is 2. The lowest BCUT2D eigenvalue weighted by Gasteiger charge is -2.36. The standard InChI is InChI=1S/C14H24N2O4/c1-14(2,3)20-12(17)15-6-11-9-4-5-10(11)8-16(7-9)13(18)19/h9-11H,4-8H2,1-3H3,(H,15,17)(H,18,19). The molecular weight excluding hydrogens is 260 g/mol. The van der Waals surface area contributed by atoms with E-state index in [4.69, 9.17) is 9.84 Å². The fourth-order valence-corrected chi connectivity index (χ4v) is 3.34. The molecule has 2 N–H and O–H groups in total. The zero-order valence-electron chi connectivity index (χ0n) is 12.4. The maximum atomic E-state index is 11.7. The van der Waals surface area contributed by atoms with E-state index in [1.165, 1.54) is 4.90 Å². The summed E-state index contributed by atoms with van der Waals surface area (Å²) in [5, 5.41) is 11.9. The van der Waals surface area contributed by atoms with Gasteiger partial charge in [0, 0.05) is 19.6 Å². The maximum Gasteiger partial charge on any atom is 0.407 e. The lowest BCUT2D eigenvalue weighted by atomic mass is 9.85. The molecule has 0 aromatic rings. The molecule has 0 aromatic heterocycles.